The molecular weight excluding hydrogens is 480 g/mol. The molecule has 0 saturated carbocycles. The summed E-state index contributed by atoms with van der Waals surface area (Å²) in [6, 6.07) is -0.660. The third kappa shape index (κ3) is 20.8. The maximum Gasteiger partial charge on any atom is 0.420 e. The number of imide groups is 1. The van der Waals surface area contributed by atoms with E-state index in [9.17, 15) is 9.59 Å². The Morgan fingerprint density at radius 3 is 1.61 bits per heavy atom. The molecule has 8 heteroatoms. The molecule has 0 aromatic heterocycles. The van der Waals surface area contributed by atoms with E-state index in [4.69, 9.17) is 15.0 Å². The van der Waals surface area contributed by atoms with Crippen LogP contribution in [-0.2, 0) is 9.47 Å². The van der Waals surface area contributed by atoms with Crippen LogP contribution < -0.4 is 0 Å². The second-order valence-electron chi connectivity index (χ2n) is 12.1. The van der Waals surface area contributed by atoms with Crippen molar-refractivity contribution >= 4 is 12.2 Å². The van der Waals surface area contributed by atoms with Crippen molar-refractivity contribution in [3.8, 4) is 0 Å². The quantitative estimate of drug-likeness (QED) is 0.0538. The summed E-state index contributed by atoms with van der Waals surface area (Å²) in [7, 11) is 0. The number of carbonyl (C=O) groups excluding carboxylic acids is 2. The molecule has 0 N–H and O–H groups in total. The van der Waals surface area contributed by atoms with Crippen molar-refractivity contribution in [2.45, 2.75) is 162 Å². The van der Waals surface area contributed by atoms with Gasteiger partial charge in [-0.1, -0.05) is 94.8 Å². The summed E-state index contributed by atoms with van der Waals surface area (Å²) < 4.78 is 10.9. The second-order valence-corrected chi connectivity index (χ2v) is 12.1. The average molecular weight is 537 g/mol. The Hall–Kier alpha value is -2.21. The van der Waals surface area contributed by atoms with Crippen LogP contribution in [0.2, 0.25) is 0 Å². The summed E-state index contributed by atoms with van der Waals surface area (Å²) in [5.41, 5.74) is 7.29. The minimum atomic E-state index is -0.801. The van der Waals surface area contributed by atoms with Crippen LogP contribution in [0.15, 0.2) is 17.3 Å². The number of carbonyl (C=O) groups is 2. The third-order valence-electron chi connectivity index (χ3n) is 5.96. The molecule has 0 radical (unpaired) electrons. The molecule has 0 rings (SSSR count). The number of azide groups is 1. The molecule has 0 unspecified atom stereocenters. The number of unbranched alkanes of at least 4 members (excludes halogenated alkanes) is 12. The van der Waals surface area contributed by atoms with Gasteiger partial charge in [-0.3, -0.25) is 0 Å². The molecule has 8 nitrogen and oxygen atoms in total. The molecule has 0 aromatic carbocycles. The molecule has 1 atom stereocenters. The first-order chi connectivity index (χ1) is 17.9. The Morgan fingerprint density at radius 1 is 0.763 bits per heavy atom. The number of hydrogen-bond donors (Lipinski definition) is 0. The summed E-state index contributed by atoms with van der Waals surface area (Å²) in [6.07, 6.45) is 20.7. The smallest absolute Gasteiger partial charge is 0.420 e. The van der Waals surface area contributed by atoms with E-state index in [0.717, 1.165) is 17.7 Å². The molecule has 0 aliphatic heterocycles. The van der Waals surface area contributed by atoms with Crippen LogP contribution in [0, 0.1) is 0 Å². The maximum atomic E-state index is 12.9. The van der Waals surface area contributed by atoms with Gasteiger partial charge in [0.15, 0.2) is 0 Å². The van der Waals surface area contributed by atoms with E-state index in [1.807, 2.05) is 0 Å². The summed E-state index contributed by atoms with van der Waals surface area (Å²) >= 11 is 0. The lowest BCUT2D eigenvalue weighted by molar-refractivity contribution is -0.00722. The number of amides is 2. The van der Waals surface area contributed by atoms with Gasteiger partial charge in [-0.05, 0) is 72.8 Å². The number of ether oxygens (including phenoxy) is 2. The fourth-order valence-electron chi connectivity index (χ4n) is 4.06. The van der Waals surface area contributed by atoms with E-state index in [-0.39, 0.29) is 6.54 Å². The standard InChI is InChI=1S/C30H56N4O4/c1-8-9-10-11-12-13-14-15-16-17-18-19-20-21-22-23-24-26(25-32-33-31)34(27(35)37-29(2,3)4)28(36)38-30(5,6)7/h21-22,26H,8-20,23-25H2,1-7H3/b22-21-/t26-/m0/s1. The molecule has 0 fully saturated rings. The van der Waals surface area contributed by atoms with E-state index >= 15 is 0 Å². The first-order valence-corrected chi connectivity index (χ1v) is 14.8. The molecule has 0 aliphatic rings. The van der Waals surface area contributed by atoms with Crippen molar-refractivity contribution in [1.29, 1.82) is 0 Å². The fraction of sp³-hybridized carbons (Fsp3) is 0.867. The lowest BCUT2D eigenvalue weighted by Crippen LogP contribution is -2.50. The van der Waals surface area contributed by atoms with Crippen LogP contribution in [0.4, 0.5) is 9.59 Å². The predicted molar refractivity (Wildman–Crippen MR) is 156 cm³/mol. The summed E-state index contributed by atoms with van der Waals surface area (Å²) in [4.78, 5) is 29.6. The van der Waals surface area contributed by atoms with Gasteiger partial charge in [-0.15, -0.1) is 0 Å². The van der Waals surface area contributed by atoms with Crippen LogP contribution in [0.3, 0.4) is 0 Å². The zero-order valence-corrected chi connectivity index (χ0v) is 25.5. The van der Waals surface area contributed by atoms with Crippen molar-refractivity contribution in [3.63, 3.8) is 0 Å². The van der Waals surface area contributed by atoms with E-state index < -0.39 is 29.4 Å². The molecule has 0 spiro atoms. The Balaban J connectivity index is 4.58. The Labute approximate surface area is 232 Å². The second kappa shape index (κ2) is 20.7. The van der Waals surface area contributed by atoms with Crippen molar-refractivity contribution in [2.24, 2.45) is 5.11 Å². The largest absolute Gasteiger partial charge is 0.443 e. The highest BCUT2D eigenvalue weighted by atomic mass is 16.6. The highest BCUT2D eigenvalue weighted by molar-refractivity contribution is 5.88. The SMILES string of the molecule is CCCCCCCCCCCCCC/C=C\CC[C@@H](CN=[N+]=[N-])N(C(=O)OC(C)(C)C)C(=O)OC(C)(C)C. The van der Waals surface area contributed by atoms with E-state index in [1.165, 1.54) is 70.6 Å². The van der Waals surface area contributed by atoms with Crippen LogP contribution in [-0.4, -0.2) is 40.9 Å². The van der Waals surface area contributed by atoms with Gasteiger partial charge >= 0.3 is 12.2 Å². The molecule has 0 saturated heterocycles. The van der Waals surface area contributed by atoms with Gasteiger partial charge in [0.25, 0.3) is 0 Å². The molecule has 220 valence electrons. The van der Waals surface area contributed by atoms with Gasteiger partial charge in [0.2, 0.25) is 0 Å². The monoisotopic (exact) mass is 536 g/mol. The van der Waals surface area contributed by atoms with Crippen LogP contribution in [0.1, 0.15) is 145 Å². The fourth-order valence-corrected chi connectivity index (χ4v) is 4.06. The molecule has 38 heavy (non-hydrogen) atoms. The van der Waals surface area contributed by atoms with Gasteiger partial charge in [-0.2, -0.15) is 0 Å². The molecule has 2 amide bonds. The van der Waals surface area contributed by atoms with E-state index in [0.29, 0.717) is 12.8 Å². The van der Waals surface area contributed by atoms with Gasteiger partial charge < -0.3 is 9.47 Å². The zero-order valence-electron chi connectivity index (χ0n) is 25.5. The van der Waals surface area contributed by atoms with E-state index in [1.54, 1.807) is 41.5 Å². The molecule has 0 bridgehead atoms. The maximum absolute atomic E-state index is 12.9. The minimum absolute atomic E-state index is 0.0401. The number of nitrogens with zero attached hydrogens (tertiary/aromatic N) is 4. The van der Waals surface area contributed by atoms with Gasteiger partial charge in [0, 0.05) is 11.5 Å². The van der Waals surface area contributed by atoms with Crippen molar-refractivity contribution in [1.82, 2.24) is 4.90 Å². The molecule has 0 aromatic rings. The van der Waals surface area contributed by atoms with Crippen LogP contribution >= 0.6 is 0 Å². The first kappa shape index (κ1) is 35.8. The molecule has 0 heterocycles. The minimum Gasteiger partial charge on any atom is -0.443 e. The average Bonchev–Trinajstić information content (AvgIpc) is 2.79. The Bertz CT molecular complexity index is 691. The molecule has 0 aliphatic carbocycles. The normalized spacial score (nSPS) is 12.7. The zero-order chi connectivity index (χ0) is 28.9. The summed E-state index contributed by atoms with van der Waals surface area (Å²) in [5.74, 6) is 0. The van der Waals surface area contributed by atoms with Gasteiger partial charge in [0.1, 0.15) is 11.2 Å². The van der Waals surface area contributed by atoms with Crippen molar-refractivity contribution < 1.29 is 19.1 Å². The van der Waals surface area contributed by atoms with E-state index in [2.05, 4.69) is 29.1 Å². The van der Waals surface area contributed by atoms with Crippen molar-refractivity contribution in [2.75, 3.05) is 6.54 Å². The summed E-state index contributed by atoms with van der Waals surface area (Å²) in [6.45, 7) is 12.6. The Kier molecular flexibility index (Phi) is 19.5. The topological polar surface area (TPSA) is 105 Å². The number of allylic oxidation sites excluding steroid dienone is 2. The lowest BCUT2D eigenvalue weighted by atomic mass is 10.0. The van der Waals surface area contributed by atoms with Gasteiger partial charge in [-0.25, -0.2) is 14.5 Å². The highest BCUT2D eigenvalue weighted by Crippen LogP contribution is 2.20. The number of hydrogen-bond acceptors (Lipinski definition) is 5. The highest BCUT2D eigenvalue weighted by Gasteiger charge is 2.36. The number of rotatable bonds is 19. The third-order valence-corrected chi connectivity index (χ3v) is 5.96. The Morgan fingerprint density at radius 2 is 1.18 bits per heavy atom. The van der Waals surface area contributed by atoms with Crippen molar-refractivity contribution in [3.05, 3.63) is 22.6 Å². The summed E-state index contributed by atoms with van der Waals surface area (Å²) in [5, 5.41) is 3.64. The first-order valence-electron chi connectivity index (χ1n) is 14.8. The van der Waals surface area contributed by atoms with Crippen LogP contribution in [0.5, 0.6) is 0 Å². The lowest BCUT2D eigenvalue weighted by Gasteiger charge is -2.32. The molecular formula is C30H56N4O4. The van der Waals surface area contributed by atoms with Crippen LogP contribution in [0.25, 0.3) is 10.4 Å². The van der Waals surface area contributed by atoms with Gasteiger partial charge in [0.05, 0.1) is 6.04 Å². The predicted octanol–water partition coefficient (Wildman–Crippen LogP) is 10.3.